The molecule has 0 radical (unpaired) electrons. The molecule has 5 aromatic rings. The van der Waals surface area contributed by atoms with E-state index in [2.05, 4.69) is 99.4 Å². The largest absolute Gasteiger partial charge is 0.497 e. The summed E-state index contributed by atoms with van der Waals surface area (Å²) in [4.78, 5) is 25.0. The molecule has 5 atom stereocenters. The number of nitrogens with one attached hydrogen (secondary N) is 1. The quantitative estimate of drug-likeness (QED) is 0.0349. The maximum atomic E-state index is 13.2. The smallest absolute Gasteiger partial charge is 0.280 e. The van der Waals surface area contributed by atoms with E-state index < -0.39 is 46.3 Å². The number of hydrogen-bond acceptors (Lipinski definition) is 12. The summed E-state index contributed by atoms with van der Waals surface area (Å²) in [6, 6.07) is 28.1. The van der Waals surface area contributed by atoms with Crippen LogP contribution in [0.2, 0.25) is 18.1 Å². The molecule has 0 aliphatic heterocycles. The van der Waals surface area contributed by atoms with Crippen LogP contribution in [0.1, 0.15) is 84.0 Å². The number of aromatic nitrogens is 4. The maximum Gasteiger partial charge on any atom is 0.280 e. The summed E-state index contributed by atoms with van der Waals surface area (Å²) in [5.41, 5.74) is 7.90. The predicted molar refractivity (Wildman–Crippen MR) is 250 cm³/mol. The zero-order valence-corrected chi connectivity index (χ0v) is 40.4. The van der Waals surface area contributed by atoms with Gasteiger partial charge in [-0.1, -0.05) is 75.4 Å². The van der Waals surface area contributed by atoms with E-state index in [0.717, 1.165) is 28.2 Å². The molecule has 14 nitrogen and oxygen atoms in total. The number of hydrogen-bond donors (Lipinski definition) is 2. The molecule has 2 heterocycles. The minimum Gasteiger partial charge on any atom is -0.497 e. The van der Waals surface area contributed by atoms with Gasteiger partial charge in [0, 0.05) is 18.0 Å². The highest BCUT2D eigenvalue weighted by atomic mass is 31.2. The number of anilines is 1. The second kappa shape index (κ2) is 20.0. The molecule has 0 bridgehead atoms. The third-order valence-electron chi connectivity index (χ3n) is 12.3. The molecule has 1 aliphatic rings. The van der Waals surface area contributed by atoms with Gasteiger partial charge in [-0.05, 0) is 93.2 Å². The van der Waals surface area contributed by atoms with Gasteiger partial charge >= 0.3 is 0 Å². The minimum absolute atomic E-state index is 0.00709. The number of methoxy groups -OCH3 is 2. The first-order valence-corrected chi connectivity index (χ1v) is 25.6. The molecule has 3 N–H and O–H groups in total. The Bertz CT molecular complexity index is 2310. The molecular formula is C47H64N7O7PSi. The van der Waals surface area contributed by atoms with Crippen LogP contribution in [-0.2, 0) is 23.8 Å². The summed E-state index contributed by atoms with van der Waals surface area (Å²) in [6.07, 6.45) is 1.20. The molecule has 0 saturated heterocycles. The molecule has 6 rings (SSSR count). The van der Waals surface area contributed by atoms with Gasteiger partial charge in [0.05, 0.1) is 64.5 Å². The van der Waals surface area contributed by atoms with E-state index in [9.17, 15) is 10.1 Å². The van der Waals surface area contributed by atoms with Crippen LogP contribution in [-0.4, -0.2) is 84.2 Å². The normalized spacial score (nSPS) is 18.9. The Kier molecular flexibility index (Phi) is 15.2. The summed E-state index contributed by atoms with van der Waals surface area (Å²) in [6.45, 7) is 20.0. The first kappa shape index (κ1) is 47.8. The Hall–Kier alpha value is -4.65. The van der Waals surface area contributed by atoms with Gasteiger partial charge in [-0.25, -0.2) is 9.65 Å². The summed E-state index contributed by atoms with van der Waals surface area (Å²) in [5, 5.41) is 9.42. The van der Waals surface area contributed by atoms with Crippen LogP contribution in [0.3, 0.4) is 0 Å². The SMILES string of the molecule is COc1ccc(C(OC[C@H]2C[C@@H](n3cnc4c(=O)[nH]c(N)nc43)[C@H](O[Si](C)(C)C(C)(C)C)[C@@H]2OP(OCCC#N)N(C(C)C)C(C)C)(c2ccccc2)c2ccc(OC)cc2)cc1. The summed E-state index contributed by atoms with van der Waals surface area (Å²) in [7, 11) is -0.982. The lowest BCUT2D eigenvalue weighted by atomic mass is 9.79. The van der Waals surface area contributed by atoms with Crippen LogP contribution in [0.5, 0.6) is 11.5 Å². The number of H-pyrrole nitrogens is 1. The average molecular weight is 898 g/mol. The lowest BCUT2D eigenvalue weighted by Crippen LogP contribution is -2.49. The molecular weight excluding hydrogens is 834 g/mol. The van der Waals surface area contributed by atoms with E-state index in [-0.39, 0.29) is 54.1 Å². The maximum absolute atomic E-state index is 13.2. The number of benzene rings is 3. The third kappa shape index (κ3) is 10.2. The van der Waals surface area contributed by atoms with Gasteiger partial charge in [0.2, 0.25) is 5.95 Å². The van der Waals surface area contributed by atoms with Crippen LogP contribution < -0.4 is 20.8 Å². The van der Waals surface area contributed by atoms with Crippen molar-refractivity contribution in [2.24, 2.45) is 5.92 Å². The fraction of sp³-hybridized carbons (Fsp3) is 0.489. The average Bonchev–Trinajstić information content (AvgIpc) is 3.81. The van der Waals surface area contributed by atoms with Crippen LogP contribution in [0, 0.1) is 17.2 Å². The molecule has 1 saturated carbocycles. The number of nitrogens with zero attached hydrogens (tertiary/aromatic N) is 5. The van der Waals surface area contributed by atoms with Crippen LogP contribution in [0.25, 0.3) is 11.2 Å². The Morgan fingerprint density at radius 3 is 2.02 bits per heavy atom. The summed E-state index contributed by atoms with van der Waals surface area (Å²) in [5.74, 6) is 1.12. The van der Waals surface area contributed by atoms with Crippen molar-refractivity contribution >= 4 is 34.0 Å². The van der Waals surface area contributed by atoms with Crippen molar-refractivity contribution in [1.29, 1.82) is 5.26 Å². The molecule has 63 heavy (non-hydrogen) atoms. The van der Waals surface area contributed by atoms with Crippen molar-refractivity contribution in [3.8, 4) is 17.6 Å². The highest BCUT2D eigenvalue weighted by Crippen LogP contribution is 2.54. The summed E-state index contributed by atoms with van der Waals surface area (Å²) < 4.78 is 44.6. The van der Waals surface area contributed by atoms with Gasteiger partial charge in [0.25, 0.3) is 14.1 Å². The number of aromatic amines is 1. The minimum atomic E-state index is -2.56. The van der Waals surface area contributed by atoms with Gasteiger partial charge in [-0.2, -0.15) is 10.2 Å². The van der Waals surface area contributed by atoms with Crippen LogP contribution >= 0.6 is 8.53 Å². The highest BCUT2D eigenvalue weighted by molar-refractivity contribution is 7.44. The molecule has 1 aliphatic carbocycles. The zero-order valence-electron chi connectivity index (χ0n) is 38.5. The lowest BCUT2D eigenvalue weighted by molar-refractivity contribution is -0.0430. The number of ether oxygens (including phenoxy) is 3. The summed E-state index contributed by atoms with van der Waals surface area (Å²) >= 11 is 0. The molecule has 0 spiro atoms. The van der Waals surface area contributed by atoms with E-state index in [1.54, 1.807) is 20.5 Å². The van der Waals surface area contributed by atoms with E-state index in [4.69, 9.17) is 33.4 Å². The fourth-order valence-corrected chi connectivity index (χ4v) is 11.3. The predicted octanol–water partition coefficient (Wildman–Crippen LogP) is 9.34. The third-order valence-corrected chi connectivity index (χ3v) is 18.9. The van der Waals surface area contributed by atoms with Crippen molar-refractivity contribution in [3.63, 3.8) is 0 Å². The van der Waals surface area contributed by atoms with E-state index >= 15 is 0 Å². The van der Waals surface area contributed by atoms with Gasteiger partial charge in [-0.3, -0.25) is 9.78 Å². The topological polar surface area (TPSA) is 172 Å². The number of imidazole rings is 1. The standard InChI is InChI=1S/C47H64N7O7PSi/c1-31(2)54(32(3)4)62(59-27-15-26-48)60-41-33(28-39(42(41)61-63(10,11)46(5,6)7)53-30-50-40-43(53)51-45(49)52-44(40)55)29-58-47(34-16-13-12-14-17-34,35-18-22-37(56-8)23-19-35)36-20-24-38(57-9)25-21-36/h12-14,16-25,30-33,39,41-42H,15,27-29H2,1-11H3,(H3,49,51,52,55)/t33-,39-,41-,42+,62?/m1/s1. The van der Waals surface area contributed by atoms with Gasteiger partial charge in [0.1, 0.15) is 17.1 Å². The van der Waals surface area contributed by atoms with Crippen molar-refractivity contribution in [2.75, 3.05) is 33.2 Å². The van der Waals surface area contributed by atoms with Crippen LogP contribution in [0.4, 0.5) is 5.95 Å². The van der Waals surface area contributed by atoms with Gasteiger partial charge in [-0.15, -0.1) is 0 Å². The fourth-order valence-electron chi connectivity index (χ4n) is 8.20. The Balaban J connectivity index is 1.57. The molecule has 2 aromatic heterocycles. The number of nitriles is 1. The Morgan fingerprint density at radius 2 is 1.49 bits per heavy atom. The first-order chi connectivity index (χ1) is 29.9. The lowest BCUT2D eigenvalue weighted by Gasteiger charge is -2.43. The second-order valence-corrected chi connectivity index (χ2v) is 24.3. The van der Waals surface area contributed by atoms with E-state index in [1.807, 2.05) is 71.3 Å². The van der Waals surface area contributed by atoms with Crippen molar-refractivity contribution in [1.82, 2.24) is 24.2 Å². The monoisotopic (exact) mass is 897 g/mol. The number of fused-ring (bicyclic) bond motifs is 1. The number of rotatable bonds is 19. The first-order valence-electron chi connectivity index (χ1n) is 21.6. The second-order valence-electron chi connectivity index (χ2n) is 18.1. The van der Waals surface area contributed by atoms with E-state index in [0.29, 0.717) is 12.1 Å². The van der Waals surface area contributed by atoms with Gasteiger partial charge < -0.3 is 38.0 Å². The molecule has 338 valence electrons. The number of nitrogens with two attached hydrogens (primary N) is 1. The number of nitrogen functional groups attached to an aromatic ring is 1. The molecule has 1 fully saturated rings. The molecule has 16 heteroatoms. The zero-order chi connectivity index (χ0) is 45.7. The van der Waals surface area contributed by atoms with Crippen molar-refractivity contribution in [3.05, 3.63) is 112 Å². The van der Waals surface area contributed by atoms with Gasteiger partial charge in [0.15, 0.2) is 19.5 Å². The molecule has 3 aromatic carbocycles. The van der Waals surface area contributed by atoms with E-state index in [1.165, 1.54) is 0 Å². The highest BCUT2D eigenvalue weighted by Gasteiger charge is 2.53. The van der Waals surface area contributed by atoms with Crippen molar-refractivity contribution in [2.45, 2.75) is 115 Å². The Morgan fingerprint density at radius 1 is 0.921 bits per heavy atom. The molecule has 0 amide bonds. The molecule has 1 unspecified atom stereocenters. The van der Waals surface area contributed by atoms with Crippen molar-refractivity contribution < 1.29 is 27.7 Å². The Labute approximate surface area is 374 Å². The van der Waals surface area contributed by atoms with Crippen LogP contribution in [0.15, 0.2) is 90.0 Å².